The van der Waals surface area contributed by atoms with Crippen molar-refractivity contribution in [2.24, 2.45) is 0 Å². The number of carbonyl (C=O) groups excluding carboxylic acids is 1. The van der Waals surface area contributed by atoms with Crippen LogP contribution in [0.4, 0.5) is 16.2 Å². The molecule has 0 unspecified atom stereocenters. The molecular weight excluding hydrogens is 412 g/mol. The summed E-state index contributed by atoms with van der Waals surface area (Å²) >= 11 is 5.89. The molecule has 9 nitrogen and oxygen atoms in total. The highest BCUT2D eigenvalue weighted by Crippen LogP contribution is 2.30. The van der Waals surface area contributed by atoms with E-state index < -0.39 is 6.03 Å². The maximum absolute atomic E-state index is 12.5. The number of nitrogens with zero attached hydrogens (tertiary/aromatic N) is 2. The zero-order chi connectivity index (χ0) is 21.5. The first-order valence-corrected chi connectivity index (χ1v) is 9.04. The molecule has 30 heavy (non-hydrogen) atoms. The van der Waals surface area contributed by atoms with Crippen LogP contribution in [0, 0.1) is 0 Å². The number of urea groups is 1. The maximum Gasteiger partial charge on any atom is 0.323 e. The van der Waals surface area contributed by atoms with Gasteiger partial charge in [-0.1, -0.05) is 0 Å². The Morgan fingerprint density at radius 1 is 0.867 bits per heavy atom. The third-order valence-corrected chi connectivity index (χ3v) is 4.04. The SMILES string of the molecule is COc1ccc(Oc2nc(Cl)ncc2NC(=O)Nc2cc(OC)cc(OC)c2)cc1. The van der Waals surface area contributed by atoms with E-state index in [0.29, 0.717) is 28.7 Å². The lowest BCUT2D eigenvalue weighted by atomic mass is 10.3. The van der Waals surface area contributed by atoms with Crippen LogP contribution in [0.5, 0.6) is 28.9 Å². The summed E-state index contributed by atoms with van der Waals surface area (Å²) in [6, 6.07) is 11.3. The van der Waals surface area contributed by atoms with Gasteiger partial charge in [-0.15, -0.1) is 0 Å². The number of rotatable bonds is 7. The van der Waals surface area contributed by atoms with E-state index in [4.69, 9.17) is 30.5 Å². The number of halogens is 1. The van der Waals surface area contributed by atoms with Crippen molar-refractivity contribution >= 4 is 29.0 Å². The summed E-state index contributed by atoms with van der Waals surface area (Å²) in [7, 11) is 4.61. The Kier molecular flexibility index (Phi) is 6.76. The fourth-order valence-corrected chi connectivity index (χ4v) is 2.55. The number of nitrogens with one attached hydrogen (secondary N) is 2. The molecule has 0 radical (unpaired) electrons. The van der Waals surface area contributed by atoms with Crippen LogP contribution in [-0.4, -0.2) is 37.3 Å². The monoisotopic (exact) mass is 430 g/mol. The van der Waals surface area contributed by atoms with Crippen molar-refractivity contribution in [3.8, 4) is 28.9 Å². The summed E-state index contributed by atoms with van der Waals surface area (Å²) < 4.78 is 21.3. The van der Waals surface area contributed by atoms with Gasteiger partial charge in [0.15, 0.2) is 0 Å². The average molecular weight is 431 g/mol. The van der Waals surface area contributed by atoms with Crippen molar-refractivity contribution in [3.05, 3.63) is 53.9 Å². The van der Waals surface area contributed by atoms with Gasteiger partial charge in [-0.3, -0.25) is 0 Å². The number of methoxy groups -OCH3 is 3. The van der Waals surface area contributed by atoms with Crippen molar-refractivity contribution in [3.63, 3.8) is 0 Å². The number of ether oxygens (including phenoxy) is 4. The fourth-order valence-electron chi connectivity index (χ4n) is 2.43. The van der Waals surface area contributed by atoms with Crippen LogP contribution in [0.2, 0.25) is 5.28 Å². The van der Waals surface area contributed by atoms with Crippen LogP contribution in [-0.2, 0) is 0 Å². The Hall–Kier alpha value is -3.72. The molecule has 2 N–H and O–H groups in total. The van der Waals surface area contributed by atoms with Crippen LogP contribution in [0.3, 0.4) is 0 Å². The molecule has 3 rings (SSSR count). The standard InChI is InChI=1S/C20H19ClN4O5/c1-27-13-4-6-14(7-5-13)30-18-17(11-22-19(21)25-18)24-20(26)23-12-8-15(28-2)10-16(9-12)29-3/h4-11H,1-3H3,(H2,23,24,26). The quantitative estimate of drug-likeness (QED) is 0.528. The number of anilines is 2. The lowest BCUT2D eigenvalue weighted by molar-refractivity contribution is 0.262. The third-order valence-electron chi connectivity index (χ3n) is 3.86. The van der Waals surface area contributed by atoms with Crippen LogP contribution < -0.4 is 29.6 Å². The van der Waals surface area contributed by atoms with Gasteiger partial charge in [0.25, 0.3) is 0 Å². The second-order valence-corrected chi connectivity index (χ2v) is 6.15. The normalized spacial score (nSPS) is 10.1. The Balaban J connectivity index is 1.76. The van der Waals surface area contributed by atoms with E-state index in [9.17, 15) is 4.79 Å². The van der Waals surface area contributed by atoms with E-state index in [-0.39, 0.29) is 16.9 Å². The number of carbonyl (C=O) groups is 1. The lowest BCUT2D eigenvalue weighted by Gasteiger charge is -2.13. The van der Waals surface area contributed by atoms with Crippen molar-refractivity contribution in [1.82, 2.24) is 9.97 Å². The number of amides is 2. The van der Waals surface area contributed by atoms with Gasteiger partial charge >= 0.3 is 6.03 Å². The van der Waals surface area contributed by atoms with E-state index in [1.54, 1.807) is 49.6 Å². The molecule has 1 aromatic heterocycles. The first-order valence-electron chi connectivity index (χ1n) is 8.66. The minimum absolute atomic E-state index is 0.0259. The van der Waals surface area contributed by atoms with Gasteiger partial charge in [0.05, 0.1) is 27.5 Å². The van der Waals surface area contributed by atoms with Crippen molar-refractivity contribution < 1.29 is 23.7 Å². The average Bonchev–Trinajstić information content (AvgIpc) is 2.75. The molecule has 0 fully saturated rings. The molecule has 1 heterocycles. The van der Waals surface area contributed by atoms with E-state index in [0.717, 1.165) is 0 Å². The molecule has 0 aliphatic rings. The maximum atomic E-state index is 12.5. The summed E-state index contributed by atoms with van der Waals surface area (Å²) in [6.45, 7) is 0. The van der Waals surface area contributed by atoms with E-state index >= 15 is 0 Å². The molecule has 2 amide bonds. The Labute approximate surface area is 177 Å². The lowest BCUT2D eigenvalue weighted by Crippen LogP contribution is -2.20. The topological polar surface area (TPSA) is 104 Å². The third kappa shape index (κ3) is 5.42. The number of hydrogen-bond donors (Lipinski definition) is 2. The molecule has 2 aromatic carbocycles. The van der Waals surface area contributed by atoms with Crippen LogP contribution >= 0.6 is 11.6 Å². The molecule has 0 bridgehead atoms. The van der Waals surface area contributed by atoms with Crippen molar-refractivity contribution in [1.29, 1.82) is 0 Å². The molecular formula is C20H19ClN4O5. The summed E-state index contributed by atoms with van der Waals surface area (Å²) in [5.74, 6) is 2.30. The number of hydrogen-bond acceptors (Lipinski definition) is 7. The summed E-state index contributed by atoms with van der Waals surface area (Å²) in [6.07, 6.45) is 1.35. The van der Waals surface area contributed by atoms with Gasteiger partial charge in [0, 0.05) is 23.9 Å². The van der Waals surface area contributed by atoms with Crippen molar-refractivity contribution in [2.45, 2.75) is 0 Å². The van der Waals surface area contributed by atoms with E-state index in [1.807, 2.05) is 0 Å². The molecule has 0 spiro atoms. The smallest absolute Gasteiger partial charge is 0.323 e. The zero-order valence-electron chi connectivity index (χ0n) is 16.4. The minimum atomic E-state index is -0.546. The summed E-state index contributed by atoms with van der Waals surface area (Å²) in [5.41, 5.74) is 0.693. The van der Waals surface area contributed by atoms with Crippen molar-refractivity contribution in [2.75, 3.05) is 32.0 Å². The zero-order valence-corrected chi connectivity index (χ0v) is 17.2. The minimum Gasteiger partial charge on any atom is -0.497 e. The molecule has 10 heteroatoms. The second-order valence-electron chi connectivity index (χ2n) is 5.82. The highest BCUT2D eigenvalue weighted by molar-refractivity contribution is 6.28. The number of benzene rings is 2. The van der Waals surface area contributed by atoms with Gasteiger partial charge in [-0.05, 0) is 35.9 Å². The van der Waals surface area contributed by atoms with Gasteiger partial charge in [0.2, 0.25) is 11.2 Å². The van der Waals surface area contributed by atoms with Crippen LogP contribution in [0.1, 0.15) is 0 Å². The first-order chi connectivity index (χ1) is 14.5. The predicted molar refractivity (Wildman–Crippen MR) is 112 cm³/mol. The van der Waals surface area contributed by atoms with Crippen LogP contribution in [0.25, 0.3) is 0 Å². The molecule has 0 aliphatic carbocycles. The Bertz CT molecular complexity index is 1010. The molecule has 3 aromatic rings. The van der Waals surface area contributed by atoms with Gasteiger partial charge < -0.3 is 29.6 Å². The van der Waals surface area contributed by atoms with E-state index in [2.05, 4.69) is 20.6 Å². The van der Waals surface area contributed by atoms with Gasteiger partial charge in [0.1, 0.15) is 28.7 Å². The second kappa shape index (κ2) is 9.66. The van der Waals surface area contributed by atoms with Crippen LogP contribution in [0.15, 0.2) is 48.7 Å². The Morgan fingerprint density at radius 3 is 2.07 bits per heavy atom. The molecule has 0 saturated heterocycles. The predicted octanol–water partition coefficient (Wildman–Crippen LogP) is 4.59. The number of aromatic nitrogens is 2. The molecule has 0 atom stereocenters. The van der Waals surface area contributed by atoms with E-state index in [1.165, 1.54) is 20.4 Å². The molecule has 0 aliphatic heterocycles. The van der Waals surface area contributed by atoms with Gasteiger partial charge in [-0.2, -0.15) is 4.98 Å². The molecule has 156 valence electrons. The summed E-state index contributed by atoms with van der Waals surface area (Å²) in [5, 5.41) is 5.30. The highest BCUT2D eigenvalue weighted by atomic mass is 35.5. The fraction of sp³-hybridized carbons (Fsp3) is 0.150. The summed E-state index contributed by atoms with van der Waals surface area (Å²) in [4.78, 5) is 20.4. The first kappa shape index (κ1) is 21.0. The highest BCUT2D eigenvalue weighted by Gasteiger charge is 2.13. The largest absolute Gasteiger partial charge is 0.497 e. The van der Waals surface area contributed by atoms with Gasteiger partial charge in [-0.25, -0.2) is 9.78 Å². The Morgan fingerprint density at radius 2 is 1.47 bits per heavy atom. The molecule has 0 saturated carbocycles.